The molecule has 1 saturated heterocycles. The monoisotopic (exact) mass is 399 g/mol. The quantitative estimate of drug-likeness (QED) is 0.420. The third kappa shape index (κ3) is 5.47. The average Bonchev–Trinajstić information content (AvgIpc) is 2.53. The van der Waals surface area contributed by atoms with Gasteiger partial charge in [0, 0.05) is 38.3 Å². The van der Waals surface area contributed by atoms with Crippen molar-refractivity contribution in [2.75, 3.05) is 32.7 Å². The fraction of sp³-hybridized carbons (Fsp3) is 0.588. The minimum Gasteiger partial charge on any atom is -0.459 e. The van der Waals surface area contributed by atoms with Crippen LogP contribution in [0.15, 0.2) is 23.1 Å². The molecule has 0 radical (unpaired) electrons. The number of carbonyl (C=O) groups excluding carboxylic acids is 1. The number of nitrogens with zero attached hydrogens (tertiary/aromatic N) is 3. The Morgan fingerprint density at radius 1 is 1.22 bits per heavy atom. The van der Waals surface area contributed by atoms with Crippen molar-refractivity contribution in [1.82, 2.24) is 9.21 Å². The second-order valence-corrected chi connectivity index (χ2v) is 9.38. The highest BCUT2D eigenvalue weighted by Gasteiger charge is 2.31. The van der Waals surface area contributed by atoms with Gasteiger partial charge in [-0.05, 0) is 33.3 Å². The van der Waals surface area contributed by atoms with Gasteiger partial charge in [-0.25, -0.2) is 8.42 Å². The summed E-state index contributed by atoms with van der Waals surface area (Å²) in [4.78, 5) is 24.0. The van der Waals surface area contributed by atoms with Crippen molar-refractivity contribution in [2.45, 2.75) is 38.2 Å². The van der Waals surface area contributed by atoms with Crippen molar-refractivity contribution in [3.8, 4) is 0 Å². The first-order chi connectivity index (χ1) is 12.4. The third-order valence-corrected chi connectivity index (χ3v) is 6.14. The molecule has 1 aromatic rings. The van der Waals surface area contributed by atoms with Gasteiger partial charge in [0.2, 0.25) is 10.0 Å². The molecule has 1 aromatic carbocycles. The fourth-order valence-corrected chi connectivity index (χ4v) is 4.47. The van der Waals surface area contributed by atoms with Crippen LogP contribution < -0.4 is 0 Å². The highest BCUT2D eigenvalue weighted by molar-refractivity contribution is 7.89. The van der Waals surface area contributed by atoms with Gasteiger partial charge in [0.25, 0.3) is 5.69 Å². The molecule has 1 aliphatic heterocycles. The second kappa shape index (κ2) is 7.91. The van der Waals surface area contributed by atoms with Gasteiger partial charge in [-0.3, -0.25) is 19.8 Å². The van der Waals surface area contributed by atoms with E-state index < -0.39 is 20.5 Å². The number of aryl methyl sites for hydroxylation is 1. The van der Waals surface area contributed by atoms with Crippen molar-refractivity contribution in [1.29, 1.82) is 0 Å². The minimum atomic E-state index is -3.84. The SMILES string of the molecule is Cc1ccc([N+](=O)[O-])cc1S(=O)(=O)N1CCN(CC(=O)OC(C)(C)C)CC1. The van der Waals surface area contributed by atoms with Crippen LogP contribution in [-0.4, -0.2) is 66.8 Å². The molecule has 0 aliphatic carbocycles. The van der Waals surface area contributed by atoms with E-state index in [9.17, 15) is 23.3 Å². The molecule has 0 spiro atoms. The molecular formula is C17H25N3O6S. The van der Waals surface area contributed by atoms with Crippen LogP contribution in [-0.2, 0) is 19.6 Å². The molecule has 0 amide bonds. The zero-order valence-electron chi connectivity index (χ0n) is 16.0. The van der Waals surface area contributed by atoms with E-state index in [1.165, 1.54) is 16.4 Å². The third-order valence-electron chi connectivity index (χ3n) is 4.10. The number of rotatable bonds is 5. The van der Waals surface area contributed by atoms with Crippen LogP contribution in [0, 0.1) is 17.0 Å². The summed E-state index contributed by atoms with van der Waals surface area (Å²) in [5.74, 6) is -0.353. The number of piperazine rings is 1. The molecule has 27 heavy (non-hydrogen) atoms. The Morgan fingerprint density at radius 2 is 1.81 bits per heavy atom. The summed E-state index contributed by atoms with van der Waals surface area (Å²) in [6, 6.07) is 3.81. The van der Waals surface area contributed by atoms with E-state index in [2.05, 4.69) is 0 Å². The highest BCUT2D eigenvalue weighted by Crippen LogP contribution is 2.25. The molecule has 2 rings (SSSR count). The molecule has 150 valence electrons. The van der Waals surface area contributed by atoms with Gasteiger partial charge in [0.1, 0.15) is 5.60 Å². The normalized spacial score (nSPS) is 16.9. The lowest BCUT2D eigenvalue weighted by Gasteiger charge is -2.34. The van der Waals surface area contributed by atoms with Crippen LogP contribution in [0.3, 0.4) is 0 Å². The van der Waals surface area contributed by atoms with E-state index in [1.807, 2.05) is 4.90 Å². The number of non-ortho nitro benzene ring substituents is 1. The number of ether oxygens (including phenoxy) is 1. The molecule has 1 fully saturated rings. The van der Waals surface area contributed by atoms with Crippen LogP contribution in [0.2, 0.25) is 0 Å². The zero-order chi connectivity index (χ0) is 20.4. The Morgan fingerprint density at radius 3 is 2.33 bits per heavy atom. The lowest BCUT2D eigenvalue weighted by Crippen LogP contribution is -2.50. The van der Waals surface area contributed by atoms with Crippen molar-refractivity contribution in [3.63, 3.8) is 0 Å². The molecule has 9 nitrogen and oxygen atoms in total. The average molecular weight is 399 g/mol. The zero-order valence-corrected chi connectivity index (χ0v) is 16.8. The first kappa shape index (κ1) is 21.3. The smallest absolute Gasteiger partial charge is 0.320 e. The summed E-state index contributed by atoms with van der Waals surface area (Å²) in [5, 5.41) is 11.0. The fourth-order valence-electron chi connectivity index (χ4n) is 2.80. The van der Waals surface area contributed by atoms with Gasteiger partial charge in [-0.2, -0.15) is 4.31 Å². The van der Waals surface area contributed by atoms with Gasteiger partial charge >= 0.3 is 5.97 Å². The van der Waals surface area contributed by atoms with E-state index in [1.54, 1.807) is 27.7 Å². The largest absolute Gasteiger partial charge is 0.459 e. The maximum Gasteiger partial charge on any atom is 0.320 e. The number of sulfonamides is 1. The van der Waals surface area contributed by atoms with Gasteiger partial charge in [0.15, 0.2) is 0 Å². The first-order valence-electron chi connectivity index (χ1n) is 8.59. The number of carbonyl (C=O) groups is 1. The Hall–Kier alpha value is -2.04. The Labute approximate surface area is 159 Å². The van der Waals surface area contributed by atoms with E-state index in [4.69, 9.17) is 4.74 Å². The minimum absolute atomic E-state index is 0.0581. The Balaban J connectivity index is 2.06. The van der Waals surface area contributed by atoms with Crippen molar-refractivity contribution < 1.29 is 22.9 Å². The topological polar surface area (TPSA) is 110 Å². The molecule has 1 heterocycles. The lowest BCUT2D eigenvalue weighted by molar-refractivity contribution is -0.385. The lowest BCUT2D eigenvalue weighted by atomic mass is 10.2. The van der Waals surface area contributed by atoms with Gasteiger partial charge in [-0.15, -0.1) is 0 Å². The molecule has 0 atom stereocenters. The molecule has 0 N–H and O–H groups in total. The summed E-state index contributed by atoms with van der Waals surface area (Å²) < 4.78 is 32.4. The van der Waals surface area contributed by atoms with E-state index >= 15 is 0 Å². The predicted molar refractivity (Wildman–Crippen MR) is 98.9 cm³/mol. The number of hydrogen-bond donors (Lipinski definition) is 0. The maximum absolute atomic E-state index is 12.9. The van der Waals surface area contributed by atoms with Gasteiger partial charge in [-0.1, -0.05) is 6.07 Å². The van der Waals surface area contributed by atoms with E-state index in [-0.39, 0.29) is 36.2 Å². The van der Waals surface area contributed by atoms with Crippen LogP contribution in [0.1, 0.15) is 26.3 Å². The van der Waals surface area contributed by atoms with Crippen LogP contribution in [0.4, 0.5) is 5.69 Å². The van der Waals surface area contributed by atoms with Gasteiger partial charge < -0.3 is 4.74 Å². The number of esters is 1. The summed E-state index contributed by atoms with van der Waals surface area (Å²) >= 11 is 0. The molecular weight excluding hydrogens is 374 g/mol. The molecule has 0 aromatic heterocycles. The standard InChI is InChI=1S/C17H25N3O6S/c1-13-5-6-14(20(22)23)11-15(13)27(24,25)19-9-7-18(8-10-19)12-16(21)26-17(2,3)4/h5-6,11H,7-10,12H2,1-4H3. The molecule has 1 aliphatic rings. The van der Waals surface area contributed by atoms with Crippen molar-refractivity contribution in [3.05, 3.63) is 33.9 Å². The van der Waals surface area contributed by atoms with Crippen LogP contribution in [0.25, 0.3) is 0 Å². The maximum atomic E-state index is 12.9. The second-order valence-electron chi connectivity index (χ2n) is 7.47. The van der Waals surface area contributed by atoms with Crippen LogP contribution >= 0.6 is 0 Å². The number of benzene rings is 1. The molecule has 0 saturated carbocycles. The molecule has 10 heteroatoms. The van der Waals surface area contributed by atoms with E-state index in [0.717, 1.165) is 6.07 Å². The van der Waals surface area contributed by atoms with Gasteiger partial charge in [0.05, 0.1) is 16.4 Å². The number of nitro groups is 1. The van der Waals surface area contributed by atoms with Crippen molar-refractivity contribution in [2.24, 2.45) is 0 Å². The summed E-state index contributed by atoms with van der Waals surface area (Å²) in [7, 11) is -3.84. The van der Waals surface area contributed by atoms with Crippen LogP contribution in [0.5, 0.6) is 0 Å². The number of hydrogen-bond acceptors (Lipinski definition) is 7. The van der Waals surface area contributed by atoms with E-state index in [0.29, 0.717) is 18.7 Å². The Bertz CT molecular complexity index is 824. The highest BCUT2D eigenvalue weighted by atomic mass is 32.2. The molecule has 0 bridgehead atoms. The summed E-state index contributed by atoms with van der Waals surface area (Å²) in [6.45, 7) is 8.24. The van der Waals surface area contributed by atoms with Crippen molar-refractivity contribution >= 4 is 21.7 Å². The molecule has 0 unspecified atom stereocenters. The summed E-state index contributed by atoms with van der Waals surface area (Å²) in [5.41, 5.74) is -0.374. The first-order valence-corrected chi connectivity index (χ1v) is 10.0. The predicted octanol–water partition coefficient (Wildman–Crippen LogP) is 1.55. The number of nitro benzene ring substituents is 1. The Kier molecular flexibility index (Phi) is 6.23. The summed E-state index contributed by atoms with van der Waals surface area (Å²) in [6.07, 6.45) is 0.